The van der Waals surface area contributed by atoms with Crippen molar-refractivity contribution >= 4 is 15.8 Å². The molecule has 1 saturated carbocycles. The molecule has 0 saturated heterocycles. The molecule has 0 atom stereocenters. The summed E-state index contributed by atoms with van der Waals surface area (Å²) in [5, 5.41) is 0. The Kier molecular flexibility index (Phi) is 3.47. The van der Waals surface area contributed by atoms with Gasteiger partial charge >= 0.3 is 0 Å². The maximum Gasteiger partial charge on any atom is 0.230 e. The number of hydrogen-bond acceptors (Lipinski definition) is 4. The Hall–Kier alpha value is -1.30. The fourth-order valence-corrected chi connectivity index (χ4v) is 2.11. The molecule has 0 aromatic carbocycles. The number of anilines is 1. The van der Waals surface area contributed by atoms with E-state index in [9.17, 15) is 8.42 Å². The van der Waals surface area contributed by atoms with Gasteiger partial charge in [-0.1, -0.05) is 13.8 Å². The van der Waals surface area contributed by atoms with Crippen LogP contribution in [0, 0.1) is 0 Å². The van der Waals surface area contributed by atoms with Crippen LogP contribution in [0.15, 0.2) is 12.3 Å². The quantitative estimate of drug-likeness (QED) is 0.889. The molecule has 1 aliphatic carbocycles. The number of rotatable bonds is 5. The Morgan fingerprint density at radius 1 is 1.44 bits per heavy atom. The predicted molar refractivity (Wildman–Crippen MR) is 70.4 cm³/mol. The highest BCUT2D eigenvalue weighted by molar-refractivity contribution is 7.92. The zero-order valence-electron chi connectivity index (χ0n) is 10.8. The normalized spacial score (nSPS) is 15.8. The smallest absolute Gasteiger partial charge is 0.230 e. The topological polar surface area (TPSA) is 68.3 Å². The predicted octanol–water partition coefficient (Wildman–Crippen LogP) is 2.12. The van der Waals surface area contributed by atoms with Gasteiger partial charge in [-0.3, -0.25) is 4.72 Å². The Bertz CT molecular complexity index is 536. The summed E-state index contributed by atoms with van der Waals surface area (Å²) < 4.78 is 30.5. The summed E-state index contributed by atoms with van der Waals surface area (Å²) in [4.78, 5) is 4.07. The first-order valence-corrected chi connectivity index (χ1v) is 7.88. The average Bonchev–Trinajstić information content (AvgIpc) is 3.01. The minimum Gasteiger partial charge on any atom is -0.489 e. The van der Waals surface area contributed by atoms with Gasteiger partial charge in [0.15, 0.2) is 0 Å². The van der Waals surface area contributed by atoms with Crippen LogP contribution in [0.25, 0.3) is 0 Å². The van der Waals surface area contributed by atoms with Crippen LogP contribution in [-0.2, 0) is 10.0 Å². The van der Waals surface area contributed by atoms with Crippen LogP contribution in [0.4, 0.5) is 5.82 Å². The van der Waals surface area contributed by atoms with Gasteiger partial charge in [-0.15, -0.1) is 0 Å². The maximum absolute atomic E-state index is 11.2. The monoisotopic (exact) mass is 270 g/mol. The van der Waals surface area contributed by atoms with Crippen LogP contribution in [0.2, 0.25) is 0 Å². The van der Waals surface area contributed by atoms with Crippen LogP contribution in [0.3, 0.4) is 0 Å². The SMILES string of the molecule is CC(C)c1cc(NS(C)(=O)=O)ncc1OC1CC1. The van der Waals surface area contributed by atoms with Gasteiger partial charge in [0.2, 0.25) is 10.0 Å². The Morgan fingerprint density at radius 3 is 2.61 bits per heavy atom. The molecule has 0 radical (unpaired) electrons. The first-order chi connectivity index (χ1) is 8.35. The molecule has 0 unspecified atom stereocenters. The molecule has 1 aromatic rings. The lowest BCUT2D eigenvalue weighted by atomic mass is 10.0. The highest BCUT2D eigenvalue weighted by Gasteiger charge is 2.25. The minimum absolute atomic E-state index is 0.252. The molecule has 100 valence electrons. The third-order valence-corrected chi connectivity index (χ3v) is 3.21. The summed E-state index contributed by atoms with van der Waals surface area (Å²) in [5.41, 5.74) is 0.975. The molecule has 18 heavy (non-hydrogen) atoms. The van der Waals surface area contributed by atoms with Crippen LogP contribution < -0.4 is 9.46 Å². The van der Waals surface area contributed by atoms with E-state index in [1.54, 1.807) is 12.3 Å². The summed E-state index contributed by atoms with van der Waals surface area (Å²) in [6.45, 7) is 4.08. The van der Waals surface area contributed by atoms with Crippen molar-refractivity contribution < 1.29 is 13.2 Å². The molecule has 0 amide bonds. The van der Waals surface area contributed by atoms with Crippen molar-refractivity contribution in [3.63, 3.8) is 0 Å². The zero-order valence-corrected chi connectivity index (χ0v) is 11.6. The minimum atomic E-state index is -3.30. The molecule has 0 aliphatic heterocycles. The lowest BCUT2D eigenvalue weighted by molar-refractivity contribution is 0.297. The fraction of sp³-hybridized carbons (Fsp3) is 0.583. The fourth-order valence-electron chi connectivity index (χ4n) is 1.62. The number of aromatic nitrogens is 1. The molecule has 1 fully saturated rings. The van der Waals surface area contributed by atoms with Crippen molar-refractivity contribution in [3.05, 3.63) is 17.8 Å². The van der Waals surface area contributed by atoms with Gasteiger partial charge in [0.05, 0.1) is 18.6 Å². The third kappa shape index (κ3) is 3.60. The summed E-state index contributed by atoms with van der Waals surface area (Å²) in [5.74, 6) is 1.35. The largest absolute Gasteiger partial charge is 0.489 e. The third-order valence-electron chi connectivity index (χ3n) is 2.63. The summed E-state index contributed by atoms with van der Waals surface area (Å²) in [7, 11) is -3.30. The van der Waals surface area contributed by atoms with Gasteiger partial charge in [0, 0.05) is 5.56 Å². The number of nitrogens with one attached hydrogen (secondary N) is 1. The van der Waals surface area contributed by atoms with Crippen LogP contribution >= 0.6 is 0 Å². The van der Waals surface area contributed by atoms with Crippen molar-refractivity contribution in [2.75, 3.05) is 11.0 Å². The summed E-state index contributed by atoms with van der Waals surface area (Å²) in [6.07, 6.45) is 5.18. The number of hydrogen-bond donors (Lipinski definition) is 1. The first-order valence-electron chi connectivity index (χ1n) is 5.99. The zero-order chi connectivity index (χ0) is 13.3. The van der Waals surface area contributed by atoms with Crippen LogP contribution in [0.5, 0.6) is 5.75 Å². The number of ether oxygens (including phenoxy) is 1. The van der Waals surface area contributed by atoms with Crippen molar-refractivity contribution in [2.24, 2.45) is 0 Å². The number of sulfonamides is 1. The molecular weight excluding hydrogens is 252 g/mol. The van der Waals surface area contributed by atoms with E-state index in [0.29, 0.717) is 11.9 Å². The second-order valence-corrected chi connectivity index (χ2v) is 6.70. The van der Waals surface area contributed by atoms with Crippen molar-refractivity contribution in [3.8, 4) is 5.75 Å². The maximum atomic E-state index is 11.2. The van der Waals surface area contributed by atoms with E-state index < -0.39 is 10.0 Å². The molecule has 0 bridgehead atoms. The second kappa shape index (κ2) is 4.76. The first kappa shape index (κ1) is 13.1. The Labute approximate surface area is 108 Å². The number of pyridine rings is 1. The molecule has 2 rings (SSSR count). The Balaban J connectivity index is 2.27. The summed E-state index contributed by atoms with van der Waals surface area (Å²) >= 11 is 0. The molecule has 5 nitrogen and oxygen atoms in total. The van der Waals surface area contributed by atoms with Gasteiger partial charge in [-0.05, 0) is 24.8 Å². The lowest BCUT2D eigenvalue weighted by Crippen LogP contribution is -2.12. The highest BCUT2D eigenvalue weighted by atomic mass is 32.2. The Morgan fingerprint density at radius 2 is 2.11 bits per heavy atom. The van der Waals surface area contributed by atoms with E-state index >= 15 is 0 Å². The second-order valence-electron chi connectivity index (χ2n) is 4.95. The van der Waals surface area contributed by atoms with E-state index in [1.165, 1.54) is 0 Å². The van der Waals surface area contributed by atoms with E-state index in [1.807, 2.05) is 13.8 Å². The van der Waals surface area contributed by atoms with Gasteiger partial charge in [-0.2, -0.15) is 0 Å². The van der Waals surface area contributed by atoms with Gasteiger partial charge in [-0.25, -0.2) is 13.4 Å². The molecule has 6 heteroatoms. The van der Waals surface area contributed by atoms with Gasteiger partial charge < -0.3 is 4.74 Å². The van der Waals surface area contributed by atoms with Crippen LogP contribution in [-0.4, -0.2) is 25.8 Å². The average molecular weight is 270 g/mol. The van der Waals surface area contributed by atoms with Crippen molar-refractivity contribution in [1.82, 2.24) is 4.98 Å². The van der Waals surface area contributed by atoms with Gasteiger partial charge in [0.25, 0.3) is 0 Å². The van der Waals surface area contributed by atoms with Crippen LogP contribution in [0.1, 0.15) is 38.2 Å². The molecule has 1 N–H and O–H groups in total. The van der Waals surface area contributed by atoms with E-state index in [0.717, 1.165) is 30.4 Å². The highest BCUT2D eigenvalue weighted by Crippen LogP contribution is 2.33. The molecule has 0 spiro atoms. The summed E-state index contributed by atoms with van der Waals surface area (Å²) in [6, 6.07) is 1.74. The number of nitrogens with zero attached hydrogens (tertiary/aromatic N) is 1. The van der Waals surface area contributed by atoms with Gasteiger partial charge in [0.1, 0.15) is 11.6 Å². The molecular formula is C12H18N2O3S. The van der Waals surface area contributed by atoms with Crippen molar-refractivity contribution in [1.29, 1.82) is 0 Å². The molecule has 1 heterocycles. The van der Waals surface area contributed by atoms with Crippen molar-refractivity contribution in [2.45, 2.75) is 38.7 Å². The molecule has 1 aromatic heterocycles. The lowest BCUT2D eigenvalue weighted by Gasteiger charge is -2.14. The van der Waals surface area contributed by atoms with E-state index in [2.05, 4.69) is 9.71 Å². The van der Waals surface area contributed by atoms with E-state index in [-0.39, 0.29) is 5.92 Å². The molecule has 1 aliphatic rings. The standard InChI is InChI=1S/C12H18N2O3S/c1-8(2)10-6-12(14-18(3,15)16)13-7-11(10)17-9-4-5-9/h6-9H,4-5H2,1-3H3,(H,13,14). The van der Waals surface area contributed by atoms with E-state index in [4.69, 9.17) is 4.74 Å².